The maximum Gasteiger partial charge on any atom is 0.00702 e. The lowest BCUT2D eigenvalue weighted by Gasteiger charge is -2.33. The maximum atomic E-state index is 3.41. The normalized spacial score (nSPS) is 25.3. The molecule has 0 radical (unpaired) electrons. The number of hydrogen-bond donors (Lipinski definition) is 1. The third-order valence-electron chi connectivity index (χ3n) is 3.90. The zero-order valence-electron chi connectivity index (χ0n) is 11.5. The van der Waals surface area contributed by atoms with Crippen LogP contribution in [0.5, 0.6) is 0 Å². The lowest BCUT2D eigenvalue weighted by molar-refractivity contribution is 0.148. The van der Waals surface area contributed by atoms with Gasteiger partial charge in [-0.05, 0) is 59.2 Å². The van der Waals surface area contributed by atoms with Gasteiger partial charge in [0.25, 0.3) is 0 Å². The van der Waals surface area contributed by atoms with Crippen LogP contribution in [0.4, 0.5) is 0 Å². The summed E-state index contributed by atoms with van der Waals surface area (Å²) in [6.07, 6.45) is 8.34. The van der Waals surface area contributed by atoms with E-state index in [1.165, 1.54) is 51.6 Å². The third-order valence-corrected chi connectivity index (χ3v) is 3.90. The lowest BCUT2D eigenvalue weighted by atomic mass is 10.1. The van der Waals surface area contributed by atoms with Crippen molar-refractivity contribution < 1.29 is 0 Å². The maximum absolute atomic E-state index is 3.41. The van der Waals surface area contributed by atoms with Gasteiger partial charge in [0.2, 0.25) is 0 Å². The summed E-state index contributed by atoms with van der Waals surface area (Å²) in [6, 6.07) is 1.57. The topological polar surface area (TPSA) is 15.3 Å². The van der Waals surface area contributed by atoms with Crippen LogP contribution in [0.2, 0.25) is 0 Å². The first kappa shape index (κ1) is 14.0. The van der Waals surface area contributed by atoms with E-state index in [1.807, 2.05) is 0 Å². The van der Waals surface area contributed by atoms with Crippen molar-refractivity contribution in [3.8, 4) is 0 Å². The molecule has 16 heavy (non-hydrogen) atoms. The summed E-state index contributed by atoms with van der Waals surface area (Å²) in [6.45, 7) is 10.6. The fourth-order valence-electron chi connectivity index (χ4n) is 2.82. The first-order chi connectivity index (χ1) is 7.75. The van der Waals surface area contributed by atoms with Crippen molar-refractivity contribution in [2.75, 3.05) is 19.6 Å². The molecule has 96 valence electrons. The van der Waals surface area contributed by atoms with Crippen molar-refractivity contribution >= 4 is 0 Å². The first-order valence-electron chi connectivity index (χ1n) is 7.22. The predicted octanol–water partition coefficient (Wildman–Crippen LogP) is 3.03. The Morgan fingerprint density at radius 3 is 2.88 bits per heavy atom. The van der Waals surface area contributed by atoms with Crippen LogP contribution in [0.3, 0.4) is 0 Å². The molecule has 2 atom stereocenters. The summed E-state index contributed by atoms with van der Waals surface area (Å²) < 4.78 is 0. The Bertz CT molecular complexity index is 170. The van der Waals surface area contributed by atoms with Gasteiger partial charge in [0.15, 0.2) is 0 Å². The van der Waals surface area contributed by atoms with Gasteiger partial charge < -0.3 is 5.32 Å². The van der Waals surface area contributed by atoms with Gasteiger partial charge in [-0.1, -0.05) is 19.8 Å². The smallest absolute Gasteiger partial charge is 0.00702 e. The molecule has 0 aromatic carbocycles. The van der Waals surface area contributed by atoms with E-state index in [-0.39, 0.29) is 0 Å². The van der Waals surface area contributed by atoms with Crippen molar-refractivity contribution in [3.63, 3.8) is 0 Å². The van der Waals surface area contributed by atoms with Gasteiger partial charge in [-0.3, -0.25) is 4.90 Å². The molecule has 1 rings (SSSR count). The molecule has 1 saturated heterocycles. The largest absolute Gasteiger partial charge is 0.317 e. The summed E-state index contributed by atoms with van der Waals surface area (Å²) >= 11 is 0. The van der Waals surface area contributed by atoms with Gasteiger partial charge in [0, 0.05) is 12.1 Å². The van der Waals surface area contributed by atoms with E-state index in [2.05, 4.69) is 31.0 Å². The summed E-state index contributed by atoms with van der Waals surface area (Å²) in [5.74, 6) is 0. The molecule has 1 heterocycles. The monoisotopic (exact) mass is 226 g/mol. The summed E-state index contributed by atoms with van der Waals surface area (Å²) in [4.78, 5) is 2.74. The highest BCUT2D eigenvalue weighted by molar-refractivity contribution is 4.76. The Labute approximate surface area is 102 Å². The van der Waals surface area contributed by atoms with Gasteiger partial charge >= 0.3 is 0 Å². The van der Waals surface area contributed by atoms with Crippen molar-refractivity contribution in [3.05, 3.63) is 0 Å². The van der Waals surface area contributed by atoms with Gasteiger partial charge in [0.1, 0.15) is 0 Å². The van der Waals surface area contributed by atoms with Crippen molar-refractivity contribution in [2.24, 2.45) is 0 Å². The molecule has 0 saturated carbocycles. The van der Waals surface area contributed by atoms with E-state index in [1.54, 1.807) is 0 Å². The highest BCUT2D eigenvalue weighted by Gasteiger charge is 2.21. The zero-order chi connectivity index (χ0) is 11.8. The van der Waals surface area contributed by atoms with Gasteiger partial charge in [-0.15, -0.1) is 0 Å². The minimum absolute atomic E-state index is 0.770. The quantitative estimate of drug-likeness (QED) is 0.700. The van der Waals surface area contributed by atoms with Crippen LogP contribution in [0.1, 0.15) is 59.3 Å². The molecule has 1 N–H and O–H groups in total. The molecular weight excluding hydrogens is 196 g/mol. The molecule has 0 aromatic heterocycles. The molecule has 0 amide bonds. The van der Waals surface area contributed by atoms with E-state index in [0.717, 1.165) is 18.6 Å². The minimum atomic E-state index is 0.770. The Balaban J connectivity index is 2.24. The molecule has 1 aliphatic rings. The van der Waals surface area contributed by atoms with E-state index >= 15 is 0 Å². The molecule has 0 bridgehead atoms. The fraction of sp³-hybridized carbons (Fsp3) is 1.00. The molecule has 1 aliphatic heterocycles. The molecule has 1 fully saturated rings. The highest BCUT2D eigenvalue weighted by Crippen LogP contribution is 2.20. The second-order valence-corrected chi connectivity index (χ2v) is 5.28. The number of nitrogens with one attached hydrogen (secondary N) is 1. The van der Waals surface area contributed by atoms with Crippen LogP contribution in [0, 0.1) is 0 Å². The predicted molar refractivity (Wildman–Crippen MR) is 71.9 cm³/mol. The molecular formula is C14H30N2. The van der Waals surface area contributed by atoms with Crippen LogP contribution in [0.15, 0.2) is 0 Å². The van der Waals surface area contributed by atoms with Crippen LogP contribution in [0.25, 0.3) is 0 Å². The first-order valence-corrected chi connectivity index (χ1v) is 7.22. The summed E-state index contributed by atoms with van der Waals surface area (Å²) in [5, 5.41) is 3.41. The van der Waals surface area contributed by atoms with Crippen LogP contribution in [-0.2, 0) is 0 Å². The Hall–Kier alpha value is -0.0800. The van der Waals surface area contributed by atoms with E-state index in [4.69, 9.17) is 0 Å². The number of rotatable bonds is 6. The Morgan fingerprint density at radius 1 is 1.31 bits per heavy atom. The average molecular weight is 226 g/mol. The Morgan fingerprint density at radius 2 is 2.12 bits per heavy atom. The second kappa shape index (κ2) is 8.08. The van der Waals surface area contributed by atoms with Gasteiger partial charge in [-0.25, -0.2) is 0 Å². The zero-order valence-corrected chi connectivity index (χ0v) is 11.5. The molecule has 0 aliphatic carbocycles. The van der Waals surface area contributed by atoms with E-state index in [9.17, 15) is 0 Å². The number of hydrogen-bond acceptors (Lipinski definition) is 2. The number of nitrogens with zero attached hydrogens (tertiary/aromatic N) is 1. The van der Waals surface area contributed by atoms with E-state index < -0.39 is 0 Å². The van der Waals surface area contributed by atoms with Crippen LogP contribution in [-0.4, -0.2) is 36.6 Å². The standard InChI is InChI=1S/C14H30N2/c1-4-15-11-8-10-14(3)16-12-7-5-6-9-13(16)2/h13-15H,4-12H2,1-3H3. The summed E-state index contributed by atoms with van der Waals surface area (Å²) in [7, 11) is 0. The fourth-order valence-corrected chi connectivity index (χ4v) is 2.82. The summed E-state index contributed by atoms with van der Waals surface area (Å²) in [5.41, 5.74) is 0. The molecule has 2 unspecified atom stereocenters. The van der Waals surface area contributed by atoms with Crippen molar-refractivity contribution in [2.45, 2.75) is 71.4 Å². The molecule has 2 heteroatoms. The average Bonchev–Trinajstić information content (AvgIpc) is 2.49. The van der Waals surface area contributed by atoms with Crippen LogP contribution >= 0.6 is 0 Å². The second-order valence-electron chi connectivity index (χ2n) is 5.28. The van der Waals surface area contributed by atoms with Crippen molar-refractivity contribution in [1.29, 1.82) is 0 Å². The van der Waals surface area contributed by atoms with Gasteiger partial charge in [-0.2, -0.15) is 0 Å². The lowest BCUT2D eigenvalue weighted by Crippen LogP contribution is -2.40. The van der Waals surface area contributed by atoms with Crippen molar-refractivity contribution in [1.82, 2.24) is 10.2 Å². The Kier molecular flexibility index (Phi) is 7.06. The van der Waals surface area contributed by atoms with E-state index in [0.29, 0.717) is 0 Å². The molecule has 2 nitrogen and oxygen atoms in total. The van der Waals surface area contributed by atoms with Crippen LogP contribution < -0.4 is 5.32 Å². The molecule has 0 aromatic rings. The third kappa shape index (κ3) is 4.84. The SMILES string of the molecule is CCNCCCC(C)N1CCCCCC1C. The number of likely N-dealkylation sites (tertiary alicyclic amines) is 1. The minimum Gasteiger partial charge on any atom is -0.317 e. The van der Waals surface area contributed by atoms with Gasteiger partial charge in [0.05, 0.1) is 0 Å². The highest BCUT2D eigenvalue weighted by atomic mass is 15.2. The molecule has 0 spiro atoms.